The maximum atomic E-state index is 11.8. The lowest BCUT2D eigenvalue weighted by molar-refractivity contribution is -0.122. The molecule has 0 aliphatic carbocycles. The predicted octanol–water partition coefficient (Wildman–Crippen LogP) is 0.542. The van der Waals surface area contributed by atoms with Crippen LogP contribution < -0.4 is 15.5 Å². The van der Waals surface area contributed by atoms with Gasteiger partial charge in [-0.2, -0.15) is 0 Å². The predicted molar refractivity (Wildman–Crippen MR) is 73.2 cm³/mol. The van der Waals surface area contributed by atoms with Gasteiger partial charge in [0.15, 0.2) is 0 Å². The monoisotopic (exact) mass is 261 g/mol. The van der Waals surface area contributed by atoms with Gasteiger partial charge in [0.1, 0.15) is 18.0 Å². The molecule has 1 aromatic heterocycles. The Bertz CT molecular complexity index is 504. The van der Waals surface area contributed by atoms with Crippen molar-refractivity contribution in [1.29, 1.82) is 0 Å². The number of amides is 1. The van der Waals surface area contributed by atoms with Gasteiger partial charge in [-0.3, -0.25) is 4.79 Å². The first-order chi connectivity index (χ1) is 9.22. The molecule has 2 saturated heterocycles. The molecule has 102 valence electrons. The van der Waals surface area contributed by atoms with Crippen LogP contribution >= 0.6 is 0 Å². The summed E-state index contributed by atoms with van der Waals surface area (Å²) < 4.78 is 0. The van der Waals surface area contributed by atoms with Gasteiger partial charge in [0.25, 0.3) is 0 Å². The molecule has 1 amide bonds. The van der Waals surface area contributed by atoms with E-state index < -0.39 is 0 Å². The molecule has 2 aliphatic heterocycles. The molecule has 2 atom stereocenters. The SMILES string of the molecule is CNc1ncnc(N2CCCC3C(=O)NCC32)c1C. The maximum absolute atomic E-state index is 11.8. The van der Waals surface area contributed by atoms with E-state index in [9.17, 15) is 4.79 Å². The van der Waals surface area contributed by atoms with Crippen LogP contribution in [0, 0.1) is 12.8 Å². The molecule has 0 bridgehead atoms. The Labute approximate surface area is 112 Å². The van der Waals surface area contributed by atoms with Crippen molar-refractivity contribution < 1.29 is 4.79 Å². The first-order valence-corrected chi connectivity index (χ1v) is 6.76. The number of fused-ring (bicyclic) bond motifs is 1. The van der Waals surface area contributed by atoms with E-state index in [-0.39, 0.29) is 17.9 Å². The summed E-state index contributed by atoms with van der Waals surface area (Å²) in [5.41, 5.74) is 1.05. The number of piperidine rings is 1. The summed E-state index contributed by atoms with van der Waals surface area (Å²) in [5.74, 6) is 2.10. The van der Waals surface area contributed by atoms with E-state index in [1.165, 1.54) is 0 Å². The fourth-order valence-electron chi connectivity index (χ4n) is 3.20. The van der Waals surface area contributed by atoms with Gasteiger partial charge in [-0.1, -0.05) is 0 Å². The summed E-state index contributed by atoms with van der Waals surface area (Å²) >= 11 is 0. The molecule has 2 fully saturated rings. The van der Waals surface area contributed by atoms with Gasteiger partial charge in [-0.15, -0.1) is 0 Å². The quantitative estimate of drug-likeness (QED) is 0.813. The van der Waals surface area contributed by atoms with Gasteiger partial charge in [-0.25, -0.2) is 9.97 Å². The van der Waals surface area contributed by atoms with Gasteiger partial charge in [0.05, 0.1) is 12.0 Å². The van der Waals surface area contributed by atoms with E-state index in [2.05, 4.69) is 25.5 Å². The zero-order valence-electron chi connectivity index (χ0n) is 11.3. The zero-order chi connectivity index (χ0) is 13.4. The van der Waals surface area contributed by atoms with Crippen LogP contribution in [0.4, 0.5) is 11.6 Å². The Morgan fingerprint density at radius 3 is 3.11 bits per heavy atom. The van der Waals surface area contributed by atoms with Crippen molar-refractivity contribution in [3.63, 3.8) is 0 Å². The average Bonchev–Trinajstić information content (AvgIpc) is 2.81. The summed E-state index contributed by atoms with van der Waals surface area (Å²) in [5, 5.41) is 6.05. The topological polar surface area (TPSA) is 70.2 Å². The van der Waals surface area contributed by atoms with Gasteiger partial charge >= 0.3 is 0 Å². The standard InChI is InChI=1S/C13H19N5O/c1-8-11(14-2)16-7-17-12(8)18-5-3-4-9-10(18)6-15-13(9)19/h7,9-10H,3-6H2,1-2H3,(H,15,19)(H,14,16,17). The van der Waals surface area contributed by atoms with E-state index in [0.29, 0.717) is 0 Å². The lowest BCUT2D eigenvalue weighted by atomic mass is 9.91. The lowest BCUT2D eigenvalue weighted by Crippen LogP contribution is -2.46. The van der Waals surface area contributed by atoms with Crippen LogP contribution in [0.25, 0.3) is 0 Å². The largest absolute Gasteiger partial charge is 0.373 e. The molecule has 3 rings (SSSR count). The van der Waals surface area contributed by atoms with Crippen LogP contribution in [0.5, 0.6) is 0 Å². The number of nitrogens with zero attached hydrogens (tertiary/aromatic N) is 3. The van der Waals surface area contributed by atoms with Gasteiger partial charge < -0.3 is 15.5 Å². The fourth-order valence-corrected chi connectivity index (χ4v) is 3.20. The maximum Gasteiger partial charge on any atom is 0.225 e. The number of hydrogen-bond acceptors (Lipinski definition) is 5. The van der Waals surface area contributed by atoms with Crippen molar-refractivity contribution in [1.82, 2.24) is 15.3 Å². The number of carbonyl (C=O) groups excluding carboxylic acids is 1. The molecule has 0 saturated carbocycles. The first kappa shape index (κ1) is 12.2. The molecular formula is C13H19N5O. The number of nitrogens with one attached hydrogen (secondary N) is 2. The molecule has 1 aromatic rings. The van der Waals surface area contributed by atoms with E-state index in [4.69, 9.17) is 0 Å². The summed E-state index contributed by atoms with van der Waals surface area (Å²) in [6.07, 6.45) is 3.60. The Kier molecular flexibility index (Phi) is 3.00. The van der Waals surface area contributed by atoms with E-state index in [1.54, 1.807) is 6.33 Å². The second kappa shape index (κ2) is 4.68. The Balaban J connectivity index is 1.95. The van der Waals surface area contributed by atoms with Gasteiger partial charge in [-0.05, 0) is 19.8 Å². The molecule has 2 N–H and O–H groups in total. The molecule has 2 aliphatic rings. The van der Waals surface area contributed by atoms with E-state index in [1.807, 2.05) is 14.0 Å². The van der Waals surface area contributed by atoms with Crippen molar-refractivity contribution in [2.45, 2.75) is 25.8 Å². The second-order valence-electron chi connectivity index (χ2n) is 5.18. The number of aromatic nitrogens is 2. The first-order valence-electron chi connectivity index (χ1n) is 6.76. The van der Waals surface area contributed by atoms with Crippen LogP contribution in [-0.2, 0) is 4.79 Å². The zero-order valence-corrected chi connectivity index (χ0v) is 11.3. The van der Waals surface area contributed by atoms with Crippen LogP contribution in [0.3, 0.4) is 0 Å². The Morgan fingerprint density at radius 1 is 1.47 bits per heavy atom. The third-order valence-corrected chi connectivity index (χ3v) is 4.17. The van der Waals surface area contributed by atoms with Crippen molar-refractivity contribution in [2.75, 3.05) is 30.4 Å². The van der Waals surface area contributed by atoms with Gasteiger partial charge in [0.2, 0.25) is 5.91 Å². The van der Waals surface area contributed by atoms with Crippen molar-refractivity contribution in [3.05, 3.63) is 11.9 Å². The molecule has 0 spiro atoms. The highest BCUT2D eigenvalue weighted by atomic mass is 16.2. The molecule has 0 aromatic carbocycles. The average molecular weight is 261 g/mol. The molecule has 6 nitrogen and oxygen atoms in total. The van der Waals surface area contributed by atoms with Gasteiger partial charge in [0, 0.05) is 25.7 Å². The van der Waals surface area contributed by atoms with Crippen molar-refractivity contribution in [3.8, 4) is 0 Å². The van der Waals surface area contributed by atoms with Crippen LogP contribution in [0.15, 0.2) is 6.33 Å². The third-order valence-electron chi connectivity index (χ3n) is 4.17. The van der Waals surface area contributed by atoms with Crippen molar-refractivity contribution >= 4 is 17.5 Å². The molecule has 6 heteroatoms. The van der Waals surface area contributed by atoms with Crippen LogP contribution in [-0.4, -0.2) is 42.1 Å². The highest BCUT2D eigenvalue weighted by Crippen LogP contribution is 2.33. The van der Waals surface area contributed by atoms with Crippen LogP contribution in [0.2, 0.25) is 0 Å². The highest BCUT2D eigenvalue weighted by molar-refractivity contribution is 5.83. The Morgan fingerprint density at radius 2 is 2.32 bits per heavy atom. The number of rotatable bonds is 2. The summed E-state index contributed by atoms with van der Waals surface area (Å²) in [7, 11) is 1.86. The highest BCUT2D eigenvalue weighted by Gasteiger charge is 2.41. The third kappa shape index (κ3) is 1.91. The molecule has 0 radical (unpaired) electrons. The minimum atomic E-state index is 0.112. The van der Waals surface area contributed by atoms with E-state index >= 15 is 0 Å². The summed E-state index contributed by atoms with van der Waals surface area (Å²) in [6, 6.07) is 0.236. The summed E-state index contributed by atoms with van der Waals surface area (Å²) in [4.78, 5) is 22.7. The molecular weight excluding hydrogens is 242 g/mol. The number of carbonyl (C=O) groups is 1. The fraction of sp³-hybridized carbons (Fsp3) is 0.615. The minimum absolute atomic E-state index is 0.112. The molecule has 3 heterocycles. The van der Waals surface area contributed by atoms with Crippen molar-refractivity contribution in [2.24, 2.45) is 5.92 Å². The Hall–Kier alpha value is -1.85. The number of hydrogen-bond donors (Lipinski definition) is 2. The minimum Gasteiger partial charge on any atom is -0.373 e. The van der Waals surface area contributed by atoms with E-state index in [0.717, 1.165) is 43.1 Å². The number of anilines is 2. The van der Waals surface area contributed by atoms with Crippen LogP contribution in [0.1, 0.15) is 18.4 Å². The second-order valence-corrected chi connectivity index (χ2v) is 5.18. The summed E-state index contributed by atoms with van der Waals surface area (Å²) in [6.45, 7) is 3.70. The smallest absolute Gasteiger partial charge is 0.225 e. The molecule has 2 unspecified atom stereocenters. The molecule has 19 heavy (non-hydrogen) atoms. The normalized spacial score (nSPS) is 26.0. The lowest BCUT2D eigenvalue weighted by Gasteiger charge is -2.37.